The Morgan fingerprint density at radius 3 is 2.60 bits per heavy atom. The summed E-state index contributed by atoms with van der Waals surface area (Å²) in [5.74, 6) is -0.821. The van der Waals surface area contributed by atoms with E-state index in [1.165, 1.54) is 40.9 Å². The minimum Gasteiger partial charge on any atom is -0.279 e. The minimum atomic E-state index is -0.959. The number of halogens is 4. The topological polar surface area (TPSA) is 88.2 Å². The first-order valence-electron chi connectivity index (χ1n) is 8.42. The molecule has 0 bridgehead atoms. The smallest absolute Gasteiger partial charge is 0.274 e. The number of rotatable bonds is 3. The number of likely N-dealkylation sites (tertiary alicyclic amines) is 1. The largest absolute Gasteiger partial charge is 0.279 e. The number of alkyl halides is 1. The molecular weight excluding hydrogens is 478 g/mol. The zero-order chi connectivity index (χ0) is 21.6. The Kier molecular flexibility index (Phi) is 5.71. The number of β-lactam (4-membered cyclic amide) rings is 1. The Bertz CT molecular complexity index is 1140. The molecule has 0 aromatic heterocycles. The Morgan fingerprint density at radius 2 is 1.93 bits per heavy atom. The lowest BCUT2D eigenvalue weighted by Crippen LogP contribution is -2.58. The van der Waals surface area contributed by atoms with Gasteiger partial charge in [-0.2, -0.15) is 5.10 Å². The van der Waals surface area contributed by atoms with E-state index in [1.807, 2.05) is 0 Å². The lowest BCUT2D eigenvalue weighted by Gasteiger charge is -2.44. The maximum atomic E-state index is 13.8. The highest BCUT2D eigenvalue weighted by molar-refractivity contribution is 8.14. The standard InChI is InChI=1S/C18H10Cl3FN4O3S/c19-10-6-11(20)12(22)5-9(10)13-7-30-18(24-23-13)25-16(15(21)17(25)27)8-3-1-2-4-14(8)26(28)29/h1-6,15-16H,7H2. The Balaban J connectivity index is 1.67. The summed E-state index contributed by atoms with van der Waals surface area (Å²) >= 11 is 19.2. The molecule has 1 fully saturated rings. The van der Waals surface area contributed by atoms with Gasteiger partial charge in [-0.3, -0.25) is 19.8 Å². The molecule has 2 unspecified atom stereocenters. The lowest BCUT2D eigenvalue weighted by molar-refractivity contribution is -0.386. The monoisotopic (exact) mass is 486 g/mol. The van der Waals surface area contributed by atoms with E-state index in [4.69, 9.17) is 34.8 Å². The van der Waals surface area contributed by atoms with Gasteiger partial charge in [0.2, 0.25) is 5.91 Å². The van der Waals surface area contributed by atoms with Gasteiger partial charge in [0.05, 0.1) is 32.3 Å². The van der Waals surface area contributed by atoms with E-state index >= 15 is 0 Å². The number of nitro benzene ring substituents is 1. The Hall–Kier alpha value is -2.20. The van der Waals surface area contributed by atoms with E-state index in [0.717, 1.165) is 0 Å². The first kappa shape index (κ1) is 21.0. The van der Waals surface area contributed by atoms with Crippen molar-refractivity contribution >= 4 is 69.0 Å². The molecule has 0 spiro atoms. The van der Waals surface area contributed by atoms with Crippen molar-refractivity contribution in [3.05, 3.63) is 73.5 Å². The summed E-state index contributed by atoms with van der Waals surface area (Å²) in [6.07, 6.45) is 0. The summed E-state index contributed by atoms with van der Waals surface area (Å²) < 4.78 is 13.8. The molecule has 2 atom stereocenters. The van der Waals surface area contributed by atoms with E-state index in [0.29, 0.717) is 16.8 Å². The quantitative estimate of drug-likeness (QED) is 0.199. The van der Waals surface area contributed by atoms with Gasteiger partial charge in [-0.15, -0.1) is 16.7 Å². The number of benzene rings is 2. The van der Waals surface area contributed by atoms with Crippen LogP contribution in [0.4, 0.5) is 10.1 Å². The maximum Gasteiger partial charge on any atom is 0.274 e. The second kappa shape index (κ2) is 8.14. The molecule has 0 radical (unpaired) electrons. The van der Waals surface area contributed by atoms with Crippen LogP contribution in [0.15, 0.2) is 46.6 Å². The molecular formula is C18H10Cl3FN4O3S. The highest BCUT2D eigenvalue weighted by Crippen LogP contribution is 2.44. The molecule has 0 saturated carbocycles. The molecule has 0 aliphatic carbocycles. The summed E-state index contributed by atoms with van der Waals surface area (Å²) in [4.78, 5) is 24.5. The molecule has 2 heterocycles. The van der Waals surface area contributed by atoms with Crippen LogP contribution in [-0.4, -0.2) is 37.7 Å². The fourth-order valence-corrected chi connectivity index (χ4v) is 4.92. The van der Waals surface area contributed by atoms with E-state index in [9.17, 15) is 19.3 Å². The van der Waals surface area contributed by atoms with Gasteiger partial charge in [0.1, 0.15) is 11.2 Å². The third kappa shape index (κ3) is 3.56. The number of carbonyl (C=O) groups is 1. The lowest BCUT2D eigenvalue weighted by atomic mass is 9.92. The minimum absolute atomic E-state index is 0.108. The molecule has 2 aromatic rings. The van der Waals surface area contributed by atoms with Gasteiger partial charge in [-0.1, -0.05) is 47.1 Å². The second-order valence-electron chi connectivity index (χ2n) is 6.33. The van der Waals surface area contributed by atoms with Crippen LogP contribution in [0.3, 0.4) is 0 Å². The molecule has 2 aliphatic heterocycles. The molecule has 7 nitrogen and oxygen atoms in total. The fourth-order valence-electron chi connectivity index (χ4n) is 3.15. The van der Waals surface area contributed by atoms with Crippen molar-refractivity contribution in [2.75, 3.05) is 5.75 Å². The van der Waals surface area contributed by atoms with Crippen molar-refractivity contribution in [2.24, 2.45) is 10.2 Å². The molecule has 30 heavy (non-hydrogen) atoms. The van der Waals surface area contributed by atoms with Gasteiger partial charge in [0.25, 0.3) is 5.69 Å². The first-order valence-corrected chi connectivity index (χ1v) is 10.6. The second-order valence-corrected chi connectivity index (χ2v) is 8.56. The average molecular weight is 488 g/mol. The first-order chi connectivity index (χ1) is 14.3. The van der Waals surface area contributed by atoms with Gasteiger partial charge >= 0.3 is 0 Å². The SMILES string of the molecule is O=C1C(Cl)C(c2ccccc2[N+](=O)[O-])N1C1=NN=C(c2cc(F)c(Cl)cc2Cl)CS1. The summed E-state index contributed by atoms with van der Waals surface area (Å²) in [5.41, 5.74) is 0.916. The highest BCUT2D eigenvalue weighted by atomic mass is 35.5. The number of amidine groups is 1. The van der Waals surface area contributed by atoms with Gasteiger partial charge in [0, 0.05) is 17.4 Å². The predicted octanol–water partition coefficient (Wildman–Crippen LogP) is 5.04. The fraction of sp³-hybridized carbons (Fsp3) is 0.167. The number of amides is 1. The Labute approximate surface area is 188 Å². The molecule has 154 valence electrons. The third-order valence-corrected chi connectivity index (χ3v) is 6.58. The summed E-state index contributed by atoms with van der Waals surface area (Å²) in [6, 6.07) is 7.77. The number of hydrogen-bond acceptors (Lipinski definition) is 6. The van der Waals surface area contributed by atoms with Crippen LogP contribution in [0.2, 0.25) is 10.0 Å². The van der Waals surface area contributed by atoms with Crippen molar-refractivity contribution in [3.8, 4) is 0 Å². The van der Waals surface area contributed by atoms with Crippen molar-refractivity contribution in [3.63, 3.8) is 0 Å². The molecule has 0 N–H and O–H groups in total. The third-order valence-electron chi connectivity index (χ3n) is 4.60. The van der Waals surface area contributed by atoms with Crippen molar-refractivity contribution < 1.29 is 14.1 Å². The number of nitrogens with zero attached hydrogens (tertiary/aromatic N) is 4. The van der Waals surface area contributed by atoms with Crippen molar-refractivity contribution in [1.82, 2.24) is 4.90 Å². The molecule has 12 heteroatoms. The van der Waals surface area contributed by atoms with Gasteiger partial charge < -0.3 is 0 Å². The number of nitro groups is 1. The van der Waals surface area contributed by atoms with Gasteiger partial charge in [0.15, 0.2) is 5.17 Å². The molecule has 2 aromatic carbocycles. The number of thioether (sulfide) groups is 1. The van der Waals surface area contributed by atoms with Crippen LogP contribution in [-0.2, 0) is 4.79 Å². The Morgan fingerprint density at radius 1 is 1.20 bits per heavy atom. The number of para-hydroxylation sites is 1. The average Bonchev–Trinajstić information content (AvgIpc) is 2.74. The normalized spacial score (nSPS) is 21.1. The number of carbonyl (C=O) groups excluding carboxylic acids is 1. The summed E-state index contributed by atoms with van der Waals surface area (Å²) in [5, 5.41) is 18.9. The zero-order valence-corrected chi connectivity index (χ0v) is 17.8. The van der Waals surface area contributed by atoms with Crippen LogP contribution in [0.25, 0.3) is 0 Å². The summed E-state index contributed by atoms with van der Waals surface area (Å²) in [7, 11) is 0. The van der Waals surface area contributed by atoms with Gasteiger partial charge in [-0.05, 0) is 18.2 Å². The van der Waals surface area contributed by atoms with Crippen LogP contribution in [0.1, 0.15) is 17.2 Å². The predicted molar refractivity (Wildman–Crippen MR) is 115 cm³/mol. The molecule has 4 rings (SSSR count). The van der Waals surface area contributed by atoms with Crippen molar-refractivity contribution in [1.29, 1.82) is 0 Å². The van der Waals surface area contributed by atoms with E-state index in [1.54, 1.807) is 12.1 Å². The van der Waals surface area contributed by atoms with Crippen LogP contribution < -0.4 is 0 Å². The zero-order valence-electron chi connectivity index (χ0n) is 14.8. The van der Waals surface area contributed by atoms with E-state index < -0.39 is 28.1 Å². The molecule has 1 amide bonds. The van der Waals surface area contributed by atoms with Crippen LogP contribution >= 0.6 is 46.6 Å². The maximum absolute atomic E-state index is 13.8. The number of hydrogen-bond donors (Lipinski definition) is 0. The van der Waals surface area contributed by atoms with E-state index in [2.05, 4.69) is 10.2 Å². The van der Waals surface area contributed by atoms with Crippen molar-refractivity contribution in [2.45, 2.75) is 11.4 Å². The molecule has 1 saturated heterocycles. The highest BCUT2D eigenvalue weighted by Gasteiger charge is 2.52. The molecule has 2 aliphatic rings. The summed E-state index contributed by atoms with van der Waals surface area (Å²) in [6.45, 7) is 0. The van der Waals surface area contributed by atoms with Crippen LogP contribution in [0, 0.1) is 15.9 Å². The van der Waals surface area contributed by atoms with Gasteiger partial charge in [-0.25, -0.2) is 4.39 Å². The van der Waals surface area contributed by atoms with Crippen LogP contribution in [0.5, 0.6) is 0 Å². The van der Waals surface area contributed by atoms with E-state index in [-0.39, 0.29) is 26.7 Å².